The third-order valence-corrected chi connectivity index (χ3v) is 2.93. The van der Waals surface area contributed by atoms with Crippen LogP contribution in [0.25, 0.3) is 0 Å². The Morgan fingerprint density at radius 1 is 1.50 bits per heavy atom. The van der Waals surface area contributed by atoms with Crippen LogP contribution in [-0.2, 0) is 4.74 Å². The summed E-state index contributed by atoms with van der Waals surface area (Å²) >= 11 is 0. The van der Waals surface area contributed by atoms with Crippen molar-refractivity contribution in [1.29, 1.82) is 0 Å². The summed E-state index contributed by atoms with van der Waals surface area (Å²) in [5.74, 6) is 0.554. The molecule has 3 nitrogen and oxygen atoms in total. The number of ether oxygens (including phenoxy) is 1. The van der Waals surface area contributed by atoms with Gasteiger partial charge in [0.05, 0.1) is 12.2 Å². The van der Waals surface area contributed by atoms with E-state index in [0.717, 1.165) is 17.9 Å². The van der Waals surface area contributed by atoms with Crippen LogP contribution in [0.3, 0.4) is 0 Å². The Morgan fingerprint density at radius 2 is 2.25 bits per heavy atom. The van der Waals surface area contributed by atoms with Crippen LogP contribution in [0.1, 0.15) is 35.2 Å². The van der Waals surface area contributed by atoms with Gasteiger partial charge in [-0.2, -0.15) is 0 Å². The van der Waals surface area contributed by atoms with Gasteiger partial charge >= 0.3 is 5.97 Å². The van der Waals surface area contributed by atoms with Crippen LogP contribution in [0, 0.1) is 12.8 Å². The highest BCUT2D eigenvalue weighted by atomic mass is 16.5. The van der Waals surface area contributed by atoms with E-state index in [2.05, 4.69) is 0 Å². The van der Waals surface area contributed by atoms with Gasteiger partial charge in [0.15, 0.2) is 0 Å². The summed E-state index contributed by atoms with van der Waals surface area (Å²) in [6.45, 7) is 2.40. The molecule has 1 aliphatic carbocycles. The van der Waals surface area contributed by atoms with Crippen LogP contribution in [0.4, 0.5) is 5.69 Å². The number of hydrogen-bond donors (Lipinski definition) is 1. The number of anilines is 1. The fourth-order valence-corrected chi connectivity index (χ4v) is 1.72. The quantitative estimate of drug-likeness (QED) is 0.625. The maximum absolute atomic E-state index is 11.7. The molecule has 0 heterocycles. The van der Waals surface area contributed by atoms with Gasteiger partial charge in [0.2, 0.25) is 0 Å². The number of nitrogen functional groups attached to an aromatic ring is 1. The Labute approximate surface area is 95.6 Å². The van der Waals surface area contributed by atoms with E-state index in [1.165, 1.54) is 12.8 Å². The van der Waals surface area contributed by atoms with Crippen molar-refractivity contribution in [3.8, 4) is 0 Å². The molecule has 0 aromatic heterocycles. The van der Waals surface area contributed by atoms with E-state index in [-0.39, 0.29) is 5.97 Å². The summed E-state index contributed by atoms with van der Waals surface area (Å²) in [5.41, 5.74) is 7.78. The van der Waals surface area contributed by atoms with Crippen molar-refractivity contribution in [2.24, 2.45) is 5.92 Å². The predicted molar refractivity (Wildman–Crippen MR) is 63.2 cm³/mol. The third kappa shape index (κ3) is 2.75. The molecular formula is C13H17NO2. The van der Waals surface area contributed by atoms with Gasteiger partial charge in [-0.25, -0.2) is 4.79 Å². The third-order valence-electron chi connectivity index (χ3n) is 2.93. The van der Waals surface area contributed by atoms with E-state index in [1.807, 2.05) is 6.92 Å². The molecule has 0 saturated heterocycles. The first-order chi connectivity index (χ1) is 7.66. The molecule has 1 fully saturated rings. The molecule has 0 atom stereocenters. The lowest BCUT2D eigenvalue weighted by molar-refractivity contribution is 0.0494. The molecule has 1 aliphatic rings. The van der Waals surface area contributed by atoms with Crippen LogP contribution >= 0.6 is 0 Å². The number of aryl methyl sites for hydroxylation is 1. The molecule has 86 valence electrons. The Bertz CT molecular complexity index is 397. The first-order valence-electron chi connectivity index (χ1n) is 5.70. The Kier molecular flexibility index (Phi) is 3.13. The highest BCUT2D eigenvalue weighted by Crippen LogP contribution is 2.32. The van der Waals surface area contributed by atoms with Gasteiger partial charge < -0.3 is 10.5 Å². The molecule has 0 aliphatic heterocycles. The number of nitrogens with two attached hydrogens (primary N) is 1. The van der Waals surface area contributed by atoms with E-state index < -0.39 is 0 Å². The zero-order valence-corrected chi connectivity index (χ0v) is 9.53. The molecule has 0 amide bonds. The lowest BCUT2D eigenvalue weighted by Crippen LogP contribution is -2.08. The van der Waals surface area contributed by atoms with Gasteiger partial charge in [0, 0.05) is 5.69 Å². The van der Waals surface area contributed by atoms with E-state index in [4.69, 9.17) is 10.5 Å². The number of benzene rings is 1. The minimum atomic E-state index is -0.238. The summed E-state index contributed by atoms with van der Waals surface area (Å²) in [4.78, 5) is 11.7. The number of rotatable bonds is 4. The van der Waals surface area contributed by atoms with Crippen molar-refractivity contribution >= 4 is 11.7 Å². The van der Waals surface area contributed by atoms with Crippen LogP contribution in [0.15, 0.2) is 18.2 Å². The second kappa shape index (κ2) is 4.56. The zero-order valence-electron chi connectivity index (χ0n) is 9.53. The van der Waals surface area contributed by atoms with Crippen molar-refractivity contribution in [1.82, 2.24) is 0 Å². The topological polar surface area (TPSA) is 52.3 Å². The van der Waals surface area contributed by atoms with Gasteiger partial charge in [-0.15, -0.1) is 0 Å². The van der Waals surface area contributed by atoms with Gasteiger partial charge in [0.1, 0.15) is 0 Å². The van der Waals surface area contributed by atoms with Gasteiger partial charge in [0.25, 0.3) is 0 Å². The Morgan fingerprint density at radius 3 is 2.88 bits per heavy atom. The largest absolute Gasteiger partial charge is 0.462 e. The number of hydrogen-bond acceptors (Lipinski definition) is 3. The molecule has 3 heteroatoms. The normalized spacial score (nSPS) is 14.8. The predicted octanol–water partition coefficient (Wildman–Crippen LogP) is 2.53. The van der Waals surface area contributed by atoms with E-state index >= 15 is 0 Å². The summed E-state index contributed by atoms with van der Waals surface area (Å²) in [6, 6.07) is 5.24. The smallest absolute Gasteiger partial charge is 0.338 e. The lowest BCUT2D eigenvalue weighted by Gasteiger charge is -2.07. The molecule has 0 unspecified atom stereocenters. The maximum Gasteiger partial charge on any atom is 0.338 e. The summed E-state index contributed by atoms with van der Waals surface area (Å²) < 4.78 is 5.22. The molecule has 1 aromatic rings. The summed E-state index contributed by atoms with van der Waals surface area (Å²) in [7, 11) is 0. The molecule has 0 radical (unpaired) electrons. The monoisotopic (exact) mass is 219 g/mol. The minimum absolute atomic E-state index is 0.238. The van der Waals surface area contributed by atoms with Gasteiger partial charge in [-0.05, 0) is 43.0 Å². The highest BCUT2D eigenvalue weighted by molar-refractivity contribution is 5.91. The minimum Gasteiger partial charge on any atom is -0.462 e. The molecule has 0 spiro atoms. The SMILES string of the molecule is Cc1cc(N)ccc1C(=O)OCCC1CC1. The maximum atomic E-state index is 11.7. The summed E-state index contributed by atoms with van der Waals surface area (Å²) in [6.07, 6.45) is 3.58. The first-order valence-corrected chi connectivity index (χ1v) is 5.70. The van der Waals surface area contributed by atoms with Crippen molar-refractivity contribution in [2.75, 3.05) is 12.3 Å². The van der Waals surface area contributed by atoms with Crippen molar-refractivity contribution in [3.63, 3.8) is 0 Å². The molecule has 2 rings (SSSR count). The second-order valence-corrected chi connectivity index (χ2v) is 4.44. The second-order valence-electron chi connectivity index (χ2n) is 4.44. The highest BCUT2D eigenvalue weighted by Gasteiger charge is 2.21. The lowest BCUT2D eigenvalue weighted by atomic mass is 10.1. The number of carbonyl (C=O) groups excluding carboxylic acids is 1. The van der Waals surface area contributed by atoms with Crippen molar-refractivity contribution < 1.29 is 9.53 Å². The fourth-order valence-electron chi connectivity index (χ4n) is 1.72. The van der Waals surface area contributed by atoms with E-state index in [9.17, 15) is 4.79 Å². The number of esters is 1. The molecule has 16 heavy (non-hydrogen) atoms. The van der Waals surface area contributed by atoms with Gasteiger partial charge in [-0.1, -0.05) is 12.8 Å². The van der Waals surface area contributed by atoms with Crippen LogP contribution in [0.2, 0.25) is 0 Å². The zero-order chi connectivity index (χ0) is 11.5. The average molecular weight is 219 g/mol. The molecular weight excluding hydrogens is 202 g/mol. The fraction of sp³-hybridized carbons (Fsp3) is 0.462. The molecule has 2 N–H and O–H groups in total. The standard InChI is InChI=1S/C13H17NO2/c1-9-8-11(14)4-5-12(9)13(15)16-7-6-10-2-3-10/h4-5,8,10H,2-3,6-7,14H2,1H3. The van der Waals surface area contributed by atoms with Crippen LogP contribution in [-0.4, -0.2) is 12.6 Å². The van der Waals surface area contributed by atoms with Crippen molar-refractivity contribution in [3.05, 3.63) is 29.3 Å². The Hall–Kier alpha value is -1.51. The first kappa shape index (κ1) is 11.0. The number of carbonyl (C=O) groups is 1. The molecule has 1 saturated carbocycles. The Balaban J connectivity index is 1.91. The average Bonchev–Trinajstić information content (AvgIpc) is 3.01. The van der Waals surface area contributed by atoms with Crippen LogP contribution in [0.5, 0.6) is 0 Å². The van der Waals surface area contributed by atoms with Crippen LogP contribution < -0.4 is 5.73 Å². The van der Waals surface area contributed by atoms with Gasteiger partial charge in [-0.3, -0.25) is 0 Å². The van der Waals surface area contributed by atoms with E-state index in [0.29, 0.717) is 17.9 Å². The molecule has 0 bridgehead atoms. The summed E-state index contributed by atoms with van der Waals surface area (Å²) in [5, 5.41) is 0. The van der Waals surface area contributed by atoms with Crippen molar-refractivity contribution in [2.45, 2.75) is 26.2 Å². The molecule has 1 aromatic carbocycles. The van der Waals surface area contributed by atoms with E-state index in [1.54, 1.807) is 18.2 Å².